The molecule has 2 nitrogen and oxygen atoms in total. The summed E-state index contributed by atoms with van der Waals surface area (Å²) >= 11 is 0. The van der Waals surface area contributed by atoms with Crippen LogP contribution >= 0.6 is 0 Å². The minimum atomic E-state index is 0.196. The first-order valence-electron chi connectivity index (χ1n) is 8.21. The van der Waals surface area contributed by atoms with Crippen LogP contribution in [0.1, 0.15) is 41.6 Å². The number of carbonyl (C=O) groups is 1. The van der Waals surface area contributed by atoms with E-state index in [-0.39, 0.29) is 5.41 Å². The standard InChI is InChI=1S/C20H19NO/c21-16-4-2-13-9-17-18(10-14(13)8-16)20(6-5-19(17)22)11-12-1-3-15(20)7-12/h1-4,8-10,12,15H,5-7,11,21H2. The van der Waals surface area contributed by atoms with Crippen LogP contribution in [-0.2, 0) is 5.41 Å². The molecule has 3 aliphatic carbocycles. The summed E-state index contributed by atoms with van der Waals surface area (Å²) in [5.41, 5.74) is 9.19. The van der Waals surface area contributed by atoms with Crippen LogP contribution in [0.3, 0.4) is 0 Å². The van der Waals surface area contributed by atoms with E-state index in [9.17, 15) is 4.79 Å². The second-order valence-corrected chi connectivity index (χ2v) is 7.27. The SMILES string of the molecule is Nc1ccc2cc3c(cc2c1)C1(CCC3=O)CC2C=CC1C2. The summed E-state index contributed by atoms with van der Waals surface area (Å²) in [6.07, 6.45) is 8.97. The Morgan fingerprint density at radius 2 is 2.00 bits per heavy atom. The van der Waals surface area contributed by atoms with Crippen LogP contribution in [0.2, 0.25) is 0 Å². The number of benzene rings is 2. The molecular formula is C20H19NO. The summed E-state index contributed by atoms with van der Waals surface area (Å²) in [5.74, 6) is 1.64. The van der Waals surface area contributed by atoms with E-state index in [2.05, 4.69) is 24.3 Å². The van der Waals surface area contributed by atoms with E-state index in [0.717, 1.165) is 23.1 Å². The van der Waals surface area contributed by atoms with Crippen molar-refractivity contribution in [1.82, 2.24) is 0 Å². The van der Waals surface area contributed by atoms with Crippen LogP contribution in [0.5, 0.6) is 0 Å². The summed E-state index contributed by atoms with van der Waals surface area (Å²) in [6.45, 7) is 0. The fourth-order valence-electron chi connectivity index (χ4n) is 5.12. The van der Waals surface area contributed by atoms with Gasteiger partial charge in [-0.15, -0.1) is 0 Å². The quantitative estimate of drug-likeness (QED) is 0.582. The number of carbonyl (C=O) groups excluding carboxylic acids is 1. The normalized spacial score (nSPS) is 32.1. The van der Waals surface area contributed by atoms with Crippen molar-refractivity contribution in [3.8, 4) is 0 Å². The third-order valence-corrected chi connectivity index (χ3v) is 6.14. The smallest absolute Gasteiger partial charge is 0.163 e. The number of allylic oxidation sites excluding steroid dienone is 2. The molecule has 2 heteroatoms. The minimum absolute atomic E-state index is 0.196. The Labute approximate surface area is 130 Å². The highest BCUT2D eigenvalue weighted by Crippen LogP contribution is 2.58. The molecule has 0 heterocycles. The molecule has 22 heavy (non-hydrogen) atoms. The number of ketones is 1. The number of nitrogens with two attached hydrogens (primary N) is 1. The lowest BCUT2D eigenvalue weighted by Crippen LogP contribution is -2.36. The third-order valence-electron chi connectivity index (χ3n) is 6.14. The molecule has 2 aromatic rings. The van der Waals surface area contributed by atoms with Gasteiger partial charge in [0, 0.05) is 23.1 Å². The van der Waals surface area contributed by atoms with E-state index in [1.807, 2.05) is 18.2 Å². The number of anilines is 1. The Kier molecular flexibility index (Phi) is 2.27. The number of Topliss-reactive ketones (excluding diaryl/α,β-unsaturated/α-hetero) is 1. The Bertz CT molecular complexity index is 850. The average Bonchev–Trinajstić information content (AvgIpc) is 3.11. The molecule has 1 fully saturated rings. The molecular weight excluding hydrogens is 270 g/mol. The average molecular weight is 289 g/mol. The molecule has 0 radical (unpaired) electrons. The first-order chi connectivity index (χ1) is 10.7. The van der Waals surface area contributed by atoms with Crippen molar-refractivity contribution >= 4 is 22.2 Å². The number of rotatable bonds is 0. The van der Waals surface area contributed by atoms with Gasteiger partial charge in [0.2, 0.25) is 0 Å². The summed E-state index contributed by atoms with van der Waals surface area (Å²) in [4.78, 5) is 12.5. The van der Waals surface area contributed by atoms with Gasteiger partial charge in [-0.05, 0) is 71.7 Å². The van der Waals surface area contributed by atoms with Gasteiger partial charge in [0.15, 0.2) is 5.78 Å². The van der Waals surface area contributed by atoms with Gasteiger partial charge in [-0.3, -0.25) is 4.79 Å². The molecule has 0 amide bonds. The fourth-order valence-corrected chi connectivity index (χ4v) is 5.12. The number of nitrogen functional groups attached to an aromatic ring is 1. The Morgan fingerprint density at radius 3 is 2.77 bits per heavy atom. The molecule has 3 atom stereocenters. The highest BCUT2D eigenvalue weighted by molar-refractivity contribution is 6.03. The molecule has 1 saturated carbocycles. The molecule has 2 N–H and O–H groups in total. The molecule has 110 valence electrons. The van der Waals surface area contributed by atoms with Gasteiger partial charge in [0.25, 0.3) is 0 Å². The second-order valence-electron chi connectivity index (χ2n) is 7.27. The molecule has 1 spiro atoms. The molecule has 5 rings (SSSR count). The van der Waals surface area contributed by atoms with Crippen molar-refractivity contribution in [2.45, 2.75) is 31.1 Å². The molecule has 0 saturated heterocycles. The van der Waals surface area contributed by atoms with Crippen molar-refractivity contribution in [3.63, 3.8) is 0 Å². The summed E-state index contributed by atoms with van der Waals surface area (Å²) < 4.78 is 0. The van der Waals surface area contributed by atoms with Crippen molar-refractivity contribution in [2.24, 2.45) is 11.8 Å². The van der Waals surface area contributed by atoms with Crippen LogP contribution in [0, 0.1) is 11.8 Å². The van der Waals surface area contributed by atoms with Crippen molar-refractivity contribution < 1.29 is 4.79 Å². The van der Waals surface area contributed by atoms with Gasteiger partial charge in [-0.1, -0.05) is 18.2 Å². The Morgan fingerprint density at radius 1 is 1.09 bits per heavy atom. The monoisotopic (exact) mass is 289 g/mol. The van der Waals surface area contributed by atoms with Crippen molar-refractivity contribution in [3.05, 3.63) is 53.6 Å². The van der Waals surface area contributed by atoms with Crippen LogP contribution in [0.25, 0.3) is 10.8 Å². The van der Waals surface area contributed by atoms with E-state index < -0.39 is 0 Å². The topological polar surface area (TPSA) is 43.1 Å². The highest BCUT2D eigenvalue weighted by atomic mass is 16.1. The first kappa shape index (κ1) is 12.5. The number of fused-ring (bicyclic) bond motifs is 6. The van der Waals surface area contributed by atoms with Crippen LogP contribution < -0.4 is 5.73 Å². The Balaban J connectivity index is 1.80. The number of hydrogen-bond acceptors (Lipinski definition) is 2. The Hall–Kier alpha value is -2.09. The zero-order chi connectivity index (χ0) is 14.9. The van der Waals surface area contributed by atoms with Gasteiger partial charge in [-0.2, -0.15) is 0 Å². The zero-order valence-electron chi connectivity index (χ0n) is 12.5. The van der Waals surface area contributed by atoms with E-state index >= 15 is 0 Å². The molecule has 0 aliphatic heterocycles. The zero-order valence-corrected chi connectivity index (χ0v) is 12.5. The summed E-state index contributed by atoms with van der Waals surface area (Å²) in [5, 5.41) is 2.29. The molecule has 2 bridgehead atoms. The molecule has 3 unspecified atom stereocenters. The van der Waals surface area contributed by atoms with Crippen LogP contribution in [0.15, 0.2) is 42.5 Å². The molecule has 0 aromatic heterocycles. The van der Waals surface area contributed by atoms with Gasteiger partial charge >= 0.3 is 0 Å². The lowest BCUT2D eigenvalue weighted by molar-refractivity contribution is 0.0944. The summed E-state index contributed by atoms with van der Waals surface area (Å²) in [6, 6.07) is 10.3. The van der Waals surface area contributed by atoms with E-state index in [1.54, 1.807) is 0 Å². The predicted molar refractivity (Wildman–Crippen MR) is 89.0 cm³/mol. The maximum Gasteiger partial charge on any atom is 0.163 e. The maximum absolute atomic E-state index is 12.5. The van der Waals surface area contributed by atoms with Gasteiger partial charge in [0.1, 0.15) is 0 Å². The van der Waals surface area contributed by atoms with Gasteiger partial charge in [0.05, 0.1) is 0 Å². The van der Waals surface area contributed by atoms with E-state index in [0.29, 0.717) is 24.0 Å². The van der Waals surface area contributed by atoms with Crippen molar-refractivity contribution in [2.75, 3.05) is 5.73 Å². The number of hydrogen-bond donors (Lipinski definition) is 1. The second kappa shape index (κ2) is 4.01. The lowest BCUT2D eigenvalue weighted by Gasteiger charge is -2.40. The first-order valence-corrected chi connectivity index (χ1v) is 8.21. The molecule has 3 aliphatic rings. The van der Waals surface area contributed by atoms with Crippen LogP contribution in [0.4, 0.5) is 5.69 Å². The summed E-state index contributed by atoms with van der Waals surface area (Å²) in [7, 11) is 0. The predicted octanol–water partition coefficient (Wildman–Crippen LogP) is 4.23. The minimum Gasteiger partial charge on any atom is -0.399 e. The maximum atomic E-state index is 12.5. The third kappa shape index (κ3) is 1.48. The van der Waals surface area contributed by atoms with E-state index in [1.165, 1.54) is 23.8 Å². The lowest BCUT2D eigenvalue weighted by atomic mass is 9.62. The van der Waals surface area contributed by atoms with Crippen LogP contribution in [-0.4, -0.2) is 5.78 Å². The molecule has 2 aromatic carbocycles. The van der Waals surface area contributed by atoms with Gasteiger partial charge in [-0.25, -0.2) is 0 Å². The fraction of sp³-hybridized carbons (Fsp3) is 0.350. The van der Waals surface area contributed by atoms with Gasteiger partial charge < -0.3 is 5.73 Å². The van der Waals surface area contributed by atoms with E-state index in [4.69, 9.17) is 5.73 Å². The van der Waals surface area contributed by atoms with Crippen molar-refractivity contribution in [1.29, 1.82) is 0 Å². The largest absolute Gasteiger partial charge is 0.399 e. The highest BCUT2D eigenvalue weighted by Gasteiger charge is 2.52.